The first-order valence-electron chi connectivity index (χ1n) is 5.98. The molecular formula is C13H16N2O2S2. The lowest BCUT2D eigenvalue weighted by atomic mass is 10.2. The Morgan fingerprint density at radius 2 is 2.16 bits per heavy atom. The van der Waals surface area contributed by atoms with Gasteiger partial charge in [-0.15, -0.1) is 22.7 Å². The minimum Gasteiger partial charge on any atom is -0.476 e. The van der Waals surface area contributed by atoms with Gasteiger partial charge in [0.1, 0.15) is 0 Å². The molecule has 0 amide bonds. The van der Waals surface area contributed by atoms with Crippen LogP contribution in [0.2, 0.25) is 0 Å². The molecule has 0 saturated carbocycles. The number of hydrogen-bond donors (Lipinski definition) is 2. The molecule has 2 heterocycles. The molecule has 2 aromatic heterocycles. The van der Waals surface area contributed by atoms with E-state index < -0.39 is 5.97 Å². The van der Waals surface area contributed by atoms with Crippen molar-refractivity contribution in [3.05, 3.63) is 32.5 Å². The molecule has 0 aliphatic carbocycles. The highest BCUT2D eigenvalue weighted by Crippen LogP contribution is 2.24. The first kappa shape index (κ1) is 14.0. The van der Waals surface area contributed by atoms with Gasteiger partial charge in [-0.2, -0.15) is 0 Å². The topological polar surface area (TPSA) is 62.2 Å². The van der Waals surface area contributed by atoms with Crippen LogP contribution in [-0.2, 0) is 6.42 Å². The van der Waals surface area contributed by atoms with Crippen LogP contribution in [0.5, 0.6) is 0 Å². The van der Waals surface area contributed by atoms with E-state index in [1.165, 1.54) is 21.1 Å². The fourth-order valence-electron chi connectivity index (χ4n) is 1.82. The largest absolute Gasteiger partial charge is 0.476 e. The first-order valence-corrected chi connectivity index (χ1v) is 7.61. The van der Waals surface area contributed by atoms with Gasteiger partial charge in [-0.1, -0.05) is 0 Å². The molecule has 0 radical (unpaired) electrons. The van der Waals surface area contributed by atoms with E-state index in [9.17, 15) is 4.79 Å². The summed E-state index contributed by atoms with van der Waals surface area (Å²) in [5.74, 6) is -0.969. The van der Waals surface area contributed by atoms with E-state index >= 15 is 0 Å². The highest BCUT2D eigenvalue weighted by atomic mass is 32.1. The van der Waals surface area contributed by atoms with Crippen LogP contribution in [0.1, 0.15) is 32.0 Å². The van der Waals surface area contributed by atoms with E-state index in [1.54, 1.807) is 18.3 Å². The van der Waals surface area contributed by atoms with Gasteiger partial charge in [0.25, 0.3) is 0 Å². The lowest BCUT2D eigenvalue weighted by Crippen LogP contribution is -2.17. The van der Waals surface area contributed by atoms with Crippen LogP contribution in [0, 0.1) is 13.8 Å². The van der Waals surface area contributed by atoms with Gasteiger partial charge in [0.2, 0.25) is 0 Å². The summed E-state index contributed by atoms with van der Waals surface area (Å²) in [6.07, 6.45) is 0.916. The van der Waals surface area contributed by atoms with Crippen molar-refractivity contribution in [2.75, 3.05) is 5.32 Å². The van der Waals surface area contributed by atoms with Gasteiger partial charge in [0.05, 0.1) is 0 Å². The number of rotatable bonds is 5. The van der Waals surface area contributed by atoms with E-state index in [0.29, 0.717) is 5.13 Å². The van der Waals surface area contributed by atoms with Crippen LogP contribution in [0.3, 0.4) is 0 Å². The van der Waals surface area contributed by atoms with Crippen LogP contribution in [0.15, 0.2) is 12.1 Å². The second-order valence-corrected chi connectivity index (χ2v) is 7.07. The number of aromatic carboxylic acids is 1. The molecule has 2 N–H and O–H groups in total. The molecule has 102 valence electrons. The standard InChI is InChI=1S/C13H16N2O2S2/c1-7(6-10-5-4-8(2)18-10)14-13-15-11(12(16)17)9(3)19-13/h4-5,7H,6H2,1-3H3,(H,14,15)(H,16,17). The van der Waals surface area contributed by atoms with Gasteiger partial charge in [-0.05, 0) is 32.9 Å². The number of carboxylic acids is 1. The molecule has 2 rings (SSSR count). The SMILES string of the molecule is Cc1ccc(CC(C)Nc2nc(C(=O)O)c(C)s2)s1. The minimum absolute atomic E-state index is 0.145. The van der Waals surface area contributed by atoms with E-state index in [4.69, 9.17) is 5.11 Å². The number of aryl methyl sites for hydroxylation is 2. The zero-order chi connectivity index (χ0) is 14.0. The molecule has 4 nitrogen and oxygen atoms in total. The highest BCUT2D eigenvalue weighted by Gasteiger charge is 2.15. The molecule has 0 spiro atoms. The number of nitrogens with zero attached hydrogens (tertiary/aromatic N) is 1. The number of hydrogen-bond acceptors (Lipinski definition) is 5. The van der Waals surface area contributed by atoms with E-state index in [-0.39, 0.29) is 11.7 Å². The Bertz CT molecular complexity index is 589. The Kier molecular flexibility index (Phi) is 4.21. The third-order valence-electron chi connectivity index (χ3n) is 2.67. The normalized spacial score (nSPS) is 12.4. The smallest absolute Gasteiger partial charge is 0.355 e. The Hall–Kier alpha value is -1.40. The maximum Gasteiger partial charge on any atom is 0.355 e. The molecule has 19 heavy (non-hydrogen) atoms. The number of aromatic nitrogens is 1. The molecule has 2 aromatic rings. The van der Waals surface area contributed by atoms with Gasteiger partial charge in [0.15, 0.2) is 10.8 Å². The van der Waals surface area contributed by atoms with Gasteiger partial charge in [-0.3, -0.25) is 0 Å². The van der Waals surface area contributed by atoms with Gasteiger partial charge in [-0.25, -0.2) is 9.78 Å². The summed E-state index contributed by atoms with van der Waals surface area (Å²) >= 11 is 3.18. The molecule has 0 aliphatic heterocycles. The van der Waals surface area contributed by atoms with Crippen molar-refractivity contribution < 1.29 is 9.90 Å². The molecule has 0 aliphatic rings. The maximum atomic E-state index is 10.9. The number of carbonyl (C=O) groups is 1. The van der Waals surface area contributed by atoms with Crippen molar-refractivity contribution >= 4 is 33.8 Å². The van der Waals surface area contributed by atoms with Crippen molar-refractivity contribution in [2.24, 2.45) is 0 Å². The van der Waals surface area contributed by atoms with Crippen LogP contribution >= 0.6 is 22.7 Å². The van der Waals surface area contributed by atoms with E-state index in [0.717, 1.165) is 11.3 Å². The number of thiophene rings is 1. The zero-order valence-corrected chi connectivity index (χ0v) is 12.7. The predicted molar refractivity (Wildman–Crippen MR) is 79.7 cm³/mol. The molecular weight excluding hydrogens is 280 g/mol. The summed E-state index contributed by atoms with van der Waals surface area (Å²) in [7, 11) is 0. The molecule has 0 fully saturated rings. The highest BCUT2D eigenvalue weighted by molar-refractivity contribution is 7.15. The third-order valence-corrected chi connectivity index (χ3v) is 4.60. The third kappa shape index (κ3) is 3.54. The van der Waals surface area contributed by atoms with Crippen molar-refractivity contribution in [1.29, 1.82) is 0 Å². The quantitative estimate of drug-likeness (QED) is 0.885. The minimum atomic E-state index is -0.969. The van der Waals surface area contributed by atoms with Crippen molar-refractivity contribution in [2.45, 2.75) is 33.2 Å². The summed E-state index contributed by atoms with van der Waals surface area (Å²) in [6, 6.07) is 4.47. The molecule has 6 heteroatoms. The van der Waals surface area contributed by atoms with Crippen molar-refractivity contribution in [3.63, 3.8) is 0 Å². The summed E-state index contributed by atoms with van der Waals surface area (Å²) < 4.78 is 0. The maximum absolute atomic E-state index is 10.9. The lowest BCUT2D eigenvalue weighted by Gasteiger charge is -2.11. The second-order valence-electron chi connectivity index (χ2n) is 4.49. The second kappa shape index (κ2) is 5.71. The lowest BCUT2D eigenvalue weighted by molar-refractivity contribution is 0.0690. The van der Waals surface area contributed by atoms with Gasteiger partial charge < -0.3 is 10.4 Å². The summed E-state index contributed by atoms with van der Waals surface area (Å²) in [5.41, 5.74) is 0.145. The Labute approximate surface area is 120 Å². The monoisotopic (exact) mass is 296 g/mol. The number of thiazole rings is 1. The van der Waals surface area contributed by atoms with Crippen LogP contribution in [0.4, 0.5) is 5.13 Å². The molecule has 0 aromatic carbocycles. The Morgan fingerprint density at radius 3 is 2.68 bits per heavy atom. The van der Waals surface area contributed by atoms with Crippen LogP contribution in [0.25, 0.3) is 0 Å². The average molecular weight is 296 g/mol. The van der Waals surface area contributed by atoms with E-state index in [2.05, 4.69) is 36.3 Å². The Balaban J connectivity index is 2.00. The predicted octanol–water partition coefficient (Wildman–Crippen LogP) is 3.56. The zero-order valence-electron chi connectivity index (χ0n) is 11.1. The van der Waals surface area contributed by atoms with Crippen molar-refractivity contribution in [1.82, 2.24) is 4.98 Å². The summed E-state index contributed by atoms with van der Waals surface area (Å²) in [6.45, 7) is 5.95. The molecule has 0 saturated heterocycles. The molecule has 1 atom stereocenters. The molecule has 0 bridgehead atoms. The first-order chi connectivity index (χ1) is 8.95. The number of nitrogens with one attached hydrogen (secondary N) is 1. The fourth-order valence-corrected chi connectivity index (χ4v) is 3.75. The van der Waals surface area contributed by atoms with Gasteiger partial charge in [0, 0.05) is 27.1 Å². The van der Waals surface area contributed by atoms with Crippen LogP contribution in [-0.4, -0.2) is 22.1 Å². The average Bonchev–Trinajstić information content (AvgIpc) is 2.85. The van der Waals surface area contributed by atoms with Crippen LogP contribution < -0.4 is 5.32 Å². The fraction of sp³-hybridized carbons (Fsp3) is 0.385. The summed E-state index contributed by atoms with van der Waals surface area (Å²) in [4.78, 5) is 18.4. The van der Waals surface area contributed by atoms with E-state index in [1.807, 2.05) is 0 Å². The summed E-state index contributed by atoms with van der Waals surface area (Å²) in [5, 5.41) is 12.9. The van der Waals surface area contributed by atoms with Crippen molar-refractivity contribution in [3.8, 4) is 0 Å². The molecule has 1 unspecified atom stereocenters. The van der Waals surface area contributed by atoms with Gasteiger partial charge >= 0.3 is 5.97 Å². The Morgan fingerprint density at radius 1 is 1.42 bits per heavy atom. The number of anilines is 1. The number of carboxylic acid groups (broad SMARTS) is 1.